The van der Waals surface area contributed by atoms with Crippen molar-refractivity contribution < 1.29 is 22.3 Å². The van der Waals surface area contributed by atoms with Gasteiger partial charge in [-0.2, -0.15) is 5.10 Å². The number of carbonyl (C=O) groups is 1. The van der Waals surface area contributed by atoms with Crippen molar-refractivity contribution in [1.29, 1.82) is 0 Å². The van der Waals surface area contributed by atoms with Crippen molar-refractivity contribution in [2.45, 2.75) is 38.5 Å². The first-order chi connectivity index (χ1) is 17.3. The Kier molecular flexibility index (Phi) is 7.25. The number of pyridine rings is 1. The summed E-state index contributed by atoms with van der Waals surface area (Å²) >= 11 is 6.39. The number of benzene rings is 2. The number of rotatable bonds is 7. The van der Waals surface area contributed by atoms with E-state index in [1.807, 2.05) is 20.8 Å². The zero-order valence-corrected chi connectivity index (χ0v) is 22.3. The van der Waals surface area contributed by atoms with Crippen LogP contribution in [0.5, 0.6) is 11.5 Å². The Balaban J connectivity index is 1.53. The summed E-state index contributed by atoms with van der Waals surface area (Å²) < 4.78 is 46.0. The van der Waals surface area contributed by atoms with Crippen LogP contribution in [0.2, 0.25) is 5.02 Å². The molecule has 0 aliphatic heterocycles. The molecule has 2 heterocycles. The second kappa shape index (κ2) is 10.1. The van der Waals surface area contributed by atoms with Crippen molar-refractivity contribution in [1.82, 2.24) is 14.8 Å². The van der Waals surface area contributed by atoms with Gasteiger partial charge in [0.1, 0.15) is 17.3 Å². The topological polar surface area (TPSA) is 103 Å². The molecule has 0 radical (unpaired) electrons. The molecule has 37 heavy (non-hydrogen) atoms. The monoisotopic (exact) mass is 544 g/mol. The number of ether oxygens (including phenoxy) is 1. The standard InChI is InChI=1S/C26H26ClFN4O4S/c1-26(2,3)32-14-18(13-30-32)31-25(33)11-17-10-20(27)24(12-21(17)28)36-23-7-8-29-22-6-5-16(9-19(22)23)15-37(4,34)35/h5-10,12-14H,11,15H2,1-4H3,(H,31,33). The van der Waals surface area contributed by atoms with E-state index in [9.17, 15) is 17.6 Å². The van der Waals surface area contributed by atoms with Crippen molar-refractivity contribution in [2.24, 2.45) is 0 Å². The van der Waals surface area contributed by atoms with E-state index in [2.05, 4.69) is 15.4 Å². The smallest absolute Gasteiger partial charge is 0.228 e. The average Bonchev–Trinajstić information content (AvgIpc) is 3.25. The van der Waals surface area contributed by atoms with Gasteiger partial charge in [-0.15, -0.1) is 0 Å². The van der Waals surface area contributed by atoms with Crippen LogP contribution in [0.1, 0.15) is 31.9 Å². The van der Waals surface area contributed by atoms with Crippen LogP contribution in [-0.2, 0) is 32.3 Å². The predicted octanol–water partition coefficient (Wildman–Crippen LogP) is 5.50. The number of amides is 1. The molecule has 0 saturated heterocycles. The Labute approximate surface area is 219 Å². The maximum absolute atomic E-state index is 14.9. The summed E-state index contributed by atoms with van der Waals surface area (Å²) in [5.41, 5.74) is 1.52. The molecule has 11 heteroatoms. The van der Waals surface area contributed by atoms with Crippen LogP contribution in [-0.4, -0.2) is 35.3 Å². The maximum Gasteiger partial charge on any atom is 0.228 e. The Morgan fingerprint density at radius 2 is 1.92 bits per heavy atom. The minimum Gasteiger partial charge on any atom is -0.455 e. The molecule has 1 N–H and O–H groups in total. The van der Waals surface area contributed by atoms with Crippen LogP contribution in [0.3, 0.4) is 0 Å². The third kappa shape index (κ3) is 6.64. The number of fused-ring (bicyclic) bond motifs is 1. The molecule has 0 unspecified atom stereocenters. The summed E-state index contributed by atoms with van der Waals surface area (Å²) in [6.45, 7) is 5.95. The Morgan fingerprint density at radius 3 is 2.59 bits per heavy atom. The molecule has 0 aliphatic rings. The summed E-state index contributed by atoms with van der Waals surface area (Å²) in [5, 5.41) is 7.61. The van der Waals surface area contributed by atoms with E-state index >= 15 is 0 Å². The van der Waals surface area contributed by atoms with E-state index in [1.54, 1.807) is 35.1 Å². The van der Waals surface area contributed by atoms with E-state index in [4.69, 9.17) is 16.3 Å². The molecule has 4 rings (SSSR count). The summed E-state index contributed by atoms with van der Waals surface area (Å²) in [6, 6.07) is 9.10. The highest BCUT2D eigenvalue weighted by Gasteiger charge is 2.18. The van der Waals surface area contributed by atoms with Crippen molar-refractivity contribution in [2.75, 3.05) is 11.6 Å². The lowest BCUT2D eigenvalue weighted by Crippen LogP contribution is -2.22. The van der Waals surface area contributed by atoms with Crippen LogP contribution < -0.4 is 10.1 Å². The van der Waals surface area contributed by atoms with Gasteiger partial charge in [-0.3, -0.25) is 14.5 Å². The zero-order valence-electron chi connectivity index (χ0n) is 20.7. The molecule has 0 atom stereocenters. The Morgan fingerprint density at radius 1 is 1.16 bits per heavy atom. The lowest BCUT2D eigenvalue weighted by molar-refractivity contribution is -0.115. The first-order valence-corrected chi connectivity index (χ1v) is 13.8. The van der Waals surface area contributed by atoms with Gasteiger partial charge < -0.3 is 10.1 Å². The number of nitrogens with one attached hydrogen (secondary N) is 1. The molecule has 1 amide bonds. The molecule has 0 bridgehead atoms. The van der Waals surface area contributed by atoms with E-state index in [0.29, 0.717) is 27.9 Å². The van der Waals surface area contributed by atoms with Gasteiger partial charge in [0.05, 0.1) is 40.1 Å². The highest BCUT2D eigenvalue weighted by Crippen LogP contribution is 2.35. The number of sulfone groups is 1. The highest BCUT2D eigenvalue weighted by atomic mass is 35.5. The number of anilines is 1. The van der Waals surface area contributed by atoms with Crippen molar-refractivity contribution in [3.05, 3.63) is 77.0 Å². The predicted molar refractivity (Wildman–Crippen MR) is 141 cm³/mol. The number of hydrogen-bond acceptors (Lipinski definition) is 6. The van der Waals surface area contributed by atoms with E-state index in [0.717, 1.165) is 12.3 Å². The Bertz CT molecular complexity index is 1600. The third-order valence-electron chi connectivity index (χ3n) is 5.42. The minimum absolute atomic E-state index is 0.0517. The van der Waals surface area contributed by atoms with Gasteiger partial charge in [-0.05, 0) is 56.2 Å². The quantitative estimate of drug-likeness (QED) is 0.330. The summed E-state index contributed by atoms with van der Waals surface area (Å²) in [4.78, 5) is 16.8. The zero-order chi connectivity index (χ0) is 27.0. The fourth-order valence-corrected chi connectivity index (χ4v) is 4.69. The number of carbonyl (C=O) groups excluding carboxylic acids is 1. The van der Waals surface area contributed by atoms with Crippen LogP contribution in [0.4, 0.5) is 10.1 Å². The molecule has 4 aromatic rings. The number of halogens is 2. The first-order valence-electron chi connectivity index (χ1n) is 11.3. The van der Waals surface area contributed by atoms with Gasteiger partial charge in [0, 0.05) is 30.1 Å². The summed E-state index contributed by atoms with van der Waals surface area (Å²) in [7, 11) is -3.24. The van der Waals surface area contributed by atoms with Gasteiger partial charge in [-0.1, -0.05) is 17.7 Å². The molecule has 0 saturated carbocycles. The lowest BCUT2D eigenvalue weighted by atomic mass is 10.1. The second-order valence-electron chi connectivity index (χ2n) is 9.78. The van der Waals surface area contributed by atoms with Crippen LogP contribution in [0.25, 0.3) is 10.9 Å². The molecular weight excluding hydrogens is 519 g/mol. The molecule has 2 aromatic carbocycles. The summed E-state index contributed by atoms with van der Waals surface area (Å²) in [5.74, 6) is -0.828. The fourth-order valence-electron chi connectivity index (χ4n) is 3.68. The number of aromatic nitrogens is 3. The highest BCUT2D eigenvalue weighted by molar-refractivity contribution is 7.89. The first kappa shape index (κ1) is 26.6. The SMILES string of the molecule is CC(C)(C)n1cc(NC(=O)Cc2cc(Cl)c(Oc3ccnc4ccc(CS(C)(=O)=O)cc34)cc2F)cn1. The van der Waals surface area contributed by atoms with Gasteiger partial charge in [0.2, 0.25) is 5.91 Å². The largest absolute Gasteiger partial charge is 0.455 e. The van der Waals surface area contributed by atoms with E-state index in [1.165, 1.54) is 18.5 Å². The van der Waals surface area contributed by atoms with Crippen molar-refractivity contribution in [3.63, 3.8) is 0 Å². The van der Waals surface area contributed by atoms with Gasteiger partial charge in [0.25, 0.3) is 0 Å². The van der Waals surface area contributed by atoms with Crippen LogP contribution in [0, 0.1) is 5.82 Å². The molecular formula is C26H26ClFN4O4S. The number of nitrogens with zero attached hydrogens (tertiary/aromatic N) is 3. The normalized spacial score (nSPS) is 12.1. The second-order valence-corrected chi connectivity index (χ2v) is 12.3. The lowest BCUT2D eigenvalue weighted by Gasteiger charge is -2.18. The number of hydrogen-bond donors (Lipinski definition) is 1. The van der Waals surface area contributed by atoms with Gasteiger partial charge in [0.15, 0.2) is 9.84 Å². The van der Waals surface area contributed by atoms with E-state index in [-0.39, 0.29) is 34.0 Å². The maximum atomic E-state index is 14.9. The third-order valence-corrected chi connectivity index (χ3v) is 6.57. The van der Waals surface area contributed by atoms with E-state index < -0.39 is 21.6 Å². The van der Waals surface area contributed by atoms with Gasteiger partial charge in [-0.25, -0.2) is 12.8 Å². The molecule has 0 fully saturated rings. The minimum atomic E-state index is -3.24. The molecule has 194 valence electrons. The Hall–Kier alpha value is -3.50. The van der Waals surface area contributed by atoms with Crippen molar-refractivity contribution >= 4 is 43.9 Å². The summed E-state index contributed by atoms with van der Waals surface area (Å²) in [6.07, 6.45) is 5.68. The average molecular weight is 545 g/mol. The van der Waals surface area contributed by atoms with Crippen LogP contribution in [0.15, 0.2) is 55.0 Å². The fraction of sp³-hybridized carbons (Fsp3) is 0.269. The van der Waals surface area contributed by atoms with Crippen molar-refractivity contribution in [3.8, 4) is 11.5 Å². The molecule has 8 nitrogen and oxygen atoms in total. The van der Waals surface area contributed by atoms with Crippen LogP contribution >= 0.6 is 11.6 Å². The molecule has 0 aliphatic carbocycles. The molecule has 2 aromatic heterocycles. The molecule has 0 spiro atoms. The van der Waals surface area contributed by atoms with Gasteiger partial charge >= 0.3 is 0 Å².